The summed E-state index contributed by atoms with van der Waals surface area (Å²) in [5, 5.41) is 4.28. The van der Waals surface area contributed by atoms with Gasteiger partial charge in [-0.3, -0.25) is 4.98 Å². The number of rotatable bonds is 3. The van der Waals surface area contributed by atoms with E-state index in [0.29, 0.717) is 5.71 Å². The number of furan rings is 2. The summed E-state index contributed by atoms with van der Waals surface area (Å²) in [6.45, 7) is 0. The van der Waals surface area contributed by atoms with E-state index in [4.69, 9.17) is 8.83 Å². The van der Waals surface area contributed by atoms with E-state index in [9.17, 15) is 0 Å². The SMILES string of the molecule is c1cncc(-c2ccc(-c3cccc4c3oc3c(-c5ccc6c(c5)oc5ncccc56)cccc34)cc2)c1. The molecule has 8 rings (SSSR count). The van der Waals surface area contributed by atoms with E-state index in [1.165, 1.54) is 0 Å². The van der Waals surface area contributed by atoms with Crippen LogP contribution in [-0.2, 0) is 0 Å². The Morgan fingerprint density at radius 1 is 0.474 bits per heavy atom. The Hall–Kier alpha value is -5.22. The van der Waals surface area contributed by atoms with Crippen LogP contribution in [0.1, 0.15) is 0 Å². The molecule has 4 heteroatoms. The fourth-order valence-corrected chi connectivity index (χ4v) is 5.43. The number of fused-ring (bicyclic) bond motifs is 6. The Balaban J connectivity index is 1.28. The van der Waals surface area contributed by atoms with Crippen LogP contribution in [0.3, 0.4) is 0 Å². The van der Waals surface area contributed by atoms with Gasteiger partial charge in [0.2, 0.25) is 5.71 Å². The largest absolute Gasteiger partial charge is 0.455 e. The van der Waals surface area contributed by atoms with Gasteiger partial charge in [0.25, 0.3) is 0 Å². The highest BCUT2D eigenvalue weighted by atomic mass is 16.3. The highest BCUT2D eigenvalue weighted by Gasteiger charge is 2.17. The smallest absolute Gasteiger partial charge is 0.227 e. The minimum absolute atomic E-state index is 0.654. The molecule has 0 aliphatic carbocycles. The summed E-state index contributed by atoms with van der Waals surface area (Å²) in [5.74, 6) is 0. The molecule has 8 aromatic rings. The molecule has 4 nitrogen and oxygen atoms in total. The number of pyridine rings is 2. The first-order chi connectivity index (χ1) is 18.8. The lowest BCUT2D eigenvalue weighted by Gasteiger charge is -2.05. The molecule has 4 heterocycles. The number of benzene rings is 4. The molecular weight excluding hydrogens is 468 g/mol. The van der Waals surface area contributed by atoms with Gasteiger partial charge >= 0.3 is 0 Å². The second kappa shape index (κ2) is 8.15. The molecule has 0 N–H and O–H groups in total. The molecule has 0 fully saturated rings. The van der Waals surface area contributed by atoms with Crippen molar-refractivity contribution in [2.45, 2.75) is 0 Å². The monoisotopic (exact) mass is 488 g/mol. The van der Waals surface area contributed by atoms with Crippen LogP contribution in [0.25, 0.3) is 77.4 Å². The number of hydrogen-bond acceptors (Lipinski definition) is 4. The number of nitrogens with zero attached hydrogens (tertiary/aromatic N) is 2. The molecule has 0 saturated heterocycles. The van der Waals surface area contributed by atoms with Crippen molar-refractivity contribution in [3.63, 3.8) is 0 Å². The Morgan fingerprint density at radius 3 is 1.92 bits per heavy atom. The summed E-state index contributed by atoms with van der Waals surface area (Å²) in [6.07, 6.45) is 5.43. The Labute approximate surface area is 217 Å². The van der Waals surface area contributed by atoms with Gasteiger partial charge in [0.15, 0.2) is 0 Å². The maximum absolute atomic E-state index is 6.66. The molecule has 0 bridgehead atoms. The van der Waals surface area contributed by atoms with Crippen molar-refractivity contribution in [1.82, 2.24) is 9.97 Å². The molecule has 4 aromatic heterocycles. The van der Waals surface area contributed by atoms with E-state index in [1.807, 2.05) is 24.4 Å². The van der Waals surface area contributed by atoms with Gasteiger partial charge in [-0.25, -0.2) is 4.98 Å². The van der Waals surface area contributed by atoms with E-state index >= 15 is 0 Å². The van der Waals surface area contributed by atoms with Crippen molar-refractivity contribution < 1.29 is 8.83 Å². The first-order valence-electron chi connectivity index (χ1n) is 12.6. The zero-order chi connectivity index (χ0) is 25.1. The predicted octanol–water partition coefficient (Wildman–Crippen LogP) is 9.28. The standard InChI is InChI=1S/C34H20N2O2/c1-6-25(22-13-11-21(12-14-22)24-5-3-17-35-20-24)32-28(8-1)29-9-2-7-26(33(29)38-32)23-15-16-27-30-10-4-18-36-34(30)37-31(27)19-23/h1-20H. The van der Waals surface area contributed by atoms with E-state index in [0.717, 1.165) is 71.7 Å². The average molecular weight is 489 g/mol. The topological polar surface area (TPSA) is 52.1 Å². The van der Waals surface area contributed by atoms with Crippen molar-refractivity contribution in [3.8, 4) is 33.4 Å². The number of hydrogen-bond donors (Lipinski definition) is 0. The molecular formula is C34H20N2O2. The minimum atomic E-state index is 0.654. The Morgan fingerprint density at radius 2 is 1.16 bits per heavy atom. The van der Waals surface area contributed by atoms with Crippen LogP contribution in [-0.4, -0.2) is 9.97 Å². The van der Waals surface area contributed by atoms with E-state index in [2.05, 4.69) is 94.9 Å². The van der Waals surface area contributed by atoms with Crippen molar-refractivity contribution >= 4 is 44.0 Å². The molecule has 0 aliphatic heterocycles. The van der Waals surface area contributed by atoms with Crippen molar-refractivity contribution in [2.75, 3.05) is 0 Å². The maximum atomic E-state index is 6.66. The zero-order valence-corrected chi connectivity index (χ0v) is 20.3. The lowest BCUT2D eigenvalue weighted by atomic mass is 9.98. The number of aromatic nitrogens is 2. The predicted molar refractivity (Wildman–Crippen MR) is 153 cm³/mol. The molecule has 0 saturated carbocycles. The van der Waals surface area contributed by atoms with Gasteiger partial charge in [0, 0.05) is 51.3 Å². The lowest BCUT2D eigenvalue weighted by molar-refractivity contribution is 0.654. The summed E-state index contributed by atoms with van der Waals surface area (Å²) in [7, 11) is 0. The first kappa shape index (κ1) is 20.9. The number of para-hydroxylation sites is 2. The summed E-state index contributed by atoms with van der Waals surface area (Å²) < 4.78 is 12.7. The van der Waals surface area contributed by atoms with Crippen LogP contribution in [0, 0.1) is 0 Å². The average Bonchev–Trinajstić information content (AvgIpc) is 3.56. The van der Waals surface area contributed by atoms with E-state index < -0.39 is 0 Å². The summed E-state index contributed by atoms with van der Waals surface area (Å²) in [5.41, 5.74) is 9.73. The van der Waals surface area contributed by atoms with E-state index in [-0.39, 0.29) is 0 Å². The van der Waals surface area contributed by atoms with Gasteiger partial charge in [0.05, 0.1) is 0 Å². The molecule has 0 spiro atoms. The normalized spacial score (nSPS) is 11.7. The van der Waals surface area contributed by atoms with Crippen LogP contribution in [0.2, 0.25) is 0 Å². The van der Waals surface area contributed by atoms with Crippen LogP contribution in [0.15, 0.2) is 131 Å². The quantitative estimate of drug-likeness (QED) is 0.249. The Bertz CT molecular complexity index is 2120. The molecule has 0 atom stereocenters. The highest BCUT2D eigenvalue weighted by molar-refractivity contribution is 6.13. The third kappa shape index (κ3) is 3.17. The van der Waals surface area contributed by atoms with Gasteiger partial charge in [0.1, 0.15) is 16.7 Å². The lowest BCUT2D eigenvalue weighted by Crippen LogP contribution is -1.82. The van der Waals surface area contributed by atoms with E-state index in [1.54, 1.807) is 12.4 Å². The fourth-order valence-electron chi connectivity index (χ4n) is 5.43. The zero-order valence-electron chi connectivity index (χ0n) is 20.3. The van der Waals surface area contributed by atoms with Gasteiger partial charge in [-0.1, -0.05) is 72.8 Å². The second-order valence-corrected chi connectivity index (χ2v) is 9.45. The van der Waals surface area contributed by atoms with Crippen LogP contribution in [0.5, 0.6) is 0 Å². The van der Waals surface area contributed by atoms with Crippen LogP contribution >= 0.6 is 0 Å². The van der Waals surface area contributed by atoms with Gasteiger partial charge < -0.3 is 8.83 Å². The third-order valence-corrected chi connectivity index (χ3v) is 7.28. The van der Waals surface area contributed by atoms with Gasteiger partial charge in [-0.15, -0.1) is 0 Å². The fraction of sp³-hybridized carbons (Fsp3) is 0. The third-order valence-electron chi connectivity index (χ3n) is 7.28. The molecule has 0 radical (unpaired) electrons. The van der Waals surface area contributed by atoms with Crippen molar-refractivity contribution in [3.05, 3.63) is 122 Å². The summed E-state index contributed by atoms with van der Waals surface area (Å²) in [6, 6.07) is 35.6. The Kier molecular flexibility index (Phi) is 4.49. The van der Waals surface area contributed by atoms with Crippen LogP contribution < -0.4 is 0 Å². The summed E-state index contributed by atoms with van der Waals surface area (Å²) in [4.78, 5) is 8.62. The highest BCUT2D eigenvalue weighted by Crippen LogP contribution is 2.41. The van der Waals surface area contributed by atoms with Gasteiger partial charge in [-0.05, 0) is 52.6 Å². The maximum Gasteiger partial charge on any atom is 0.227 e. The van der Waals surface area contributed by atoms with Crippen LogP contribution in [0.4, 0.5) is 0 Å². The molecule has 0 unspecified atom stereocenters. The first-order valence-corrected chi connectivity index (χ1v) is 12.6. The molecule has 38 heavy (non-hydrogen) atoms. The minimum Gasteiger partial charge on any atom is -0.455 e. The molecule has 0 amide bonds. The van der Waals surface area contributed by atoms with Gasteiger partial charge in [-0.2, -0.15) is 0 Å². The second-order valence-electron chi connectivity index (χ2n) is 9.45. The summed E-state index contributed by atoms with van der Waals surface area (Å²) >= 11 is 0. The van der Waals surface area contributed by atoms with Crippen molar-refractivity contribution in [2.24, 2.45) is 0 Å². The molecule has 4 aromatic carbocycles. The molecule has 0 aliphatic rings. The van der Waals surface area contributed by atoms with Crippen molar-refractivity contribution in [1.29, 1.82) is 0 Å². The molecule has 178 valence electrons.